The third-order valence-electron chi connectivity index (χ3n) is 10.5. The van der Waals surface area contributed by atoms with Crippen LogP contribution < -0.4 is 10.6 Å². The molecule has 0 spiro atoms. The number of carbonyl (C=O) groups excluding carboxylic acids is 2. The molecule has 2 N–H and O–H groups in total. The first-order valence-electron chi connectivity index (χ1n) is 19.7. The maximum absolute atomic E-state index is 14.0. The number of nitro benzene ring substituents is 2. The van der Waals surface area contributed by atoms with Crippen LogP contribution in [0.5, 0.6) is 0 Å². The zero-order valence-corrected chi connectivity index (χ0v) is 33.8. The third kappa shape index (κ3) is 10.5. The van der Waals surface area contributed by atoms with Crippen molar-refractivity contribution in [2.24, 2.45) is 0 Å². The molecule has 13 nitrogen and oxygen atoms in total. The third-order valence-corrected chi connectivity index (χ3v) is 12.2. The van der Waals surface area contributed by atoms with Crippen LogP contribution in [0.2, 0.25) is 0 Å². The van der Waals surface area contributed by atoms with Crippen molar-refractivity contribution in [3.05, 3.63) is 217 Å². The number of likely N-dealkylation sites (tertiary alicyclic amines) is 1. The van der Waals surface area contributed by atoms with E-state index in [1.807, 2.05) is 54.2 Å². The summed E-state index contributed by atoms with van der Waals surface area (Å²) in [6.07, 6.45) is -0.423. The predicted molar refractivity (Wildman–Crippen MR) is 234 cm³/mol. The highest BCUT2D eigenvalue weighted by molar-refractivity contribution is 8.01. The number of nitro groups is 2. The smallest absolute Gasteiger partial charge is 0.410 e. The Hall–Kier alpha value is -7.19. The molecule has 310 valence electrons. The Morgan fingerprint density at radius 3 is 1.57 bits per heavy atom. The van der Waals surface area contributed by atoms with Crippen LogP contribution in [0, 0.1) is 20.2 Å². The van der Waals surface area contributed by atoms with Gasteiger partial charge < -0.3 is 25.0 Å². The molecule has 1 saturated heterocycles. The zero-order chi connectivity index (χ0) is 42.6. The van der Waals surface area contributed by atoms with Gasteiger partial charge in [-0.2, -0.15) is 0 Å². The van der Waals surface area contributed by atoms with Crippen LogP contribution in [0.3, 0.4) is 0 Å². The number of amides is 2. The molecule has 1 heterocycles. The Labute approximate surface area is 357 Å². The van der Waals surface area contributed by atoms with E-state index in [9.17, 15) is 29.8 Å². The molecule has 2 amide bonds. The fraction of sp³-hybridized carbons (Fsp3) is 0.191. The quantitative estimate of drug-likeness (QED) is 0.0544. The molecule has 0 bridgehead atoms. The molecule has 0 aliphatic carbocycles. The first-order chi connectivity index (χ1) is 29.7. The molecule has 1 aliphatic heterocycles. The van der Waals surface area contributed by atoms with Crippen molar-refractivity contribution in [1.82, 2.24) is 10.2 Å². The summed E-state index contributed by atoms with van der Waals surface area (Å²) in [7, 11) is 0. The minimum Gasteiger partial charge on any atom is -0.445 e. The Bertz CT molecular complexity index is 2310. The van der Waals surface area contributed by atoms with Crippen molar-refractivity contribution >= 4 is 41.0 Å². The van der Waals surface area contributed by atoms with E-state index < -0.39 is 26.8 Å². The Balaban J connectivity index is 1.05. The van der Waals surface area contributed by atoms with Gasteiger partial charge in [0.15, 0.2) is 0 Å². The number of hydrogen-bond acceptors (Lipinski definition) is 10. The molecule has 0 saturated carbocycles. The number of thioether (sulfide) groups is 1. The molecule has 2 unspecified atom stereocenters. The van der Waals surface area contributed by atoms with Crippen LogP contribution in [0.15, 0.2) is 164 Å². The van der Waals surface area contributed by atoms with Crippen LogP contribution >= 0.6 is 11.8 Å². The standard InChI is InChI=1S/C47H43N5O8S/c53-45(59-32-35-18-24-41(25-19-35)51(55)56)49-29-34-16-22-40(23-17-34)48-30-43-28-44(31-50(43)46(54)60-33-36-20-26-42(27-21-36)52(57)58)61-47(37-10-4-1-5-11-37,38-12-6-2-7-13-38)39-14-8-3-9-15-39/h1-27,43-44,48H,28-33H2,(H,49,53). The predicted octanol–water partition coefficient (Wildman–Crippen LogP) is 9.85. The van der Waals surface area contributed by atoms with Crippen LogP contribution in [0.4, 0.5) is 26.7 Å². The molecule has 2 atom stereocenters. The number of alkyl carbamates (subject to hydrolysis) is 1. The van der Waals surface area contributed by atoms with Gasteiger partial charge in [0.25, 0.3) is 11.4 Å². The molecule has 6 aromatic rings. The average Bonchev–Trinajstić information content (AvgIpc) is 3.71. The summed E-state index contributed by atoms with van der Waals surface area (Å²) in [5.41, 5.74) is 6.23. The van der Waals surface area contributed by atoms with Crippen molar-refractivity contribution in [2.45, 2.75) is 42.2 Å². The number of hydrogen-bond donors (Lipinski definition) is 2. The van der Waals surface area contributed by atoms with Gasteiger partial charge in [-0.3, -0.25) is 20.2 Å². The molecule has 0 radical (unpaired) electrons. The molecule has 1 aliphatic rings. The largest absolute Gasteiger partial charge is 0.445 e. The topological polar surface area (TPSA) is 166 Å². The first kappa shape index (κ1) is 42.0. The second-order valence-corrected chi connectivity index (χ2v) is 16.0. The lowest BCUT2D eigenvalue weighted by molar-refractivity contribution is -0.385. The Kier molecular flexibility index (Phi) is 13.6. The molecule has 1 fully saturated rings. The molecule has 14 heteroatoms. The van der Waals surface area contributed by atoms with E-state index in [1.165, 1.54) is 24.3 Å². The van der Waals surface area contributed by atoms with Gasteiger partial charge >= 0.3 is 12.2 Å². The van der Waals surface area contributed by atoms with Crippen LogP contribution in [0.1, 0.15) is 39.8 Å². The normalized spacial score (nSPS) is 14.8. The first-order valence-corrected chi connectivity index (χ1v) is 20.5. The fourth-order valence-electron chi connectivity index (χ4n) is 7.35. The molecule has 0 aromatic heterocycles. The Morgan fingerprint density at radius 1 is 0.639 bits per heavy atom. The van der Waals surface area contributed by atoms with Crippen molar-refractivity contribution < 1.29 is 28.9 Å². The molecule has 61 heavy (non-hydrogen) atoms. The summed E-state index contributed by atoms with van der Waals surface area (Å²) in [6, 6.07) is 50.4. The van der Waals surface area contributed by atoms with Gasteiger partial charge in [0, 0.05) is 54.8 Å². The van der Waals surface area contributed by atoms with E-state index in [1.54, 1.807) is 29.2 Å². The minimum atomic E-state index is -0.620. The fourth-order valence-corrected chi connectivity index (χ4v) is 9.22. The van der Waals surface area contributed by atoms with E-state index in [2.05, 4.69) is 83.4 Å². The summed E-state index contributed by atoms with van der Waals surface area (Å²) < 4.78 is 10.5. The monoisotopic (exact) mass is 837 g/mol. The maximum Gasteiger partial charge on any atom is 0.410 e. The van der Waals surface area contributed by atoms with Crippen molar-refractivity contribution in [3.8, 4) is 0 Å². The number of ether oxygens (including phenoxy) is 2. The minimum absolute atomic E-state index is 0.00652. The SMILES string of the molecule is O=C(NCc1ccc(NCC2CC(SC(c3ccccc3)(c3ccccc3)c3ccccc3)CN2C(=O)OCc2ccc([N+](=O)[O-])cc2)cc1)OCc1ccc([N+](=O)[O-])cc1. The second-order valence-electron chi connectivity index (χ2n) is 14.5. The summed E-state index contributed by atoms with van der Waals surface area (Å²) in [5.74, 6) is 0. The van der Waals surface area contributed by atoms with E-state index in [0.29, 0.717) is 30.6 Å². The van der Waals surface area contributed by atoms with Crippen molar-refractivity contribution in [2.75, 3.05) is 18.4 Å². The number of benzene rings is 6. The number of carbonyl (C=O) groups is 2. The van der Waals surface area contributed by atoms with Crippen LogP contribution in [-0.2, 0) is 34.0 Å². The summed E-state index contributed by atoms with van der Waals surface area (Å²) in [4.78, 5) is 49.2. The zero-order valence-electron chi connectivity index (χ0n) is 33.0. The van der Waals surface area contributed by atoms with Crippen molar-refractivity contribution in [1.29, 1.82) is 0 Å². The number of nitrogens with one attached hydrogen (secondary N) is 2. The van der Waals surface area contributed by atoms with E-state index in [0.717, 1.165) is 27.9 Å². The summed E-state index contributed by atoms with van der Waals surface area (Å²) in [5, 5.41) is 28.3. The summed E-state index contributed by atoms with van der Waals surface area (Å²) >= 11 is 1.83. The molecule has 7 rings (SSSR count). The number of non-ortho nitro benzene ring substituents is 2. The van der Waals surface area contributed by atoms with Crippen LogP contribution in [-0.4, -0.2) is 51.3 Å². The number of rotatable bonds is 16. The van der Waals surface area contributed by atoms with E-state index >= 15 is 0 Å². The van der Waals surface area contributed by atoms with Crippen molar-refractivity contribution in [3.63, 3.8) is 0 Å². The van der Waals surface area contributed by atoms with E-state index in [4.69, 9.17) is 9.47 Å². The lowest BCUT2D eigenvalue weighted by Gasteiger charge is -2.37. The highest BCUT2D eigenvalue weighted by Crippen LogP contribution is 2.52. The second kappa shape index (κ2) is 19.7. The van der Waals surface area contributed by atoms with Crippen LogP contribution in [0.25, 0.3) is 0 Å². The molecular weight excluding hydrogens is 795 g/mol. The number of nitrogens with zero attached hydrogens (tertiary/aromatic N) is 3. The maximum atomic E-state index is 14.0. The average molecular weight is 838 g/mol. The van der Waals surface area contributed by atoms with Gasteiger partial charge in [0.1, 0.15) is 13.2 Å². The lowest BCUT2D eigenvalue weighted by atomic mass is 9.84. The molecule has 6 aromatic carbocycles. The highest BCUT2D eigenvalue weighted by Gasteiger charge is 2.44. The molecular formula is C47H43N5O8S. The van der Waals surface area contributed by atoms with Gasteiger partial charge in [-0.25, -0.2) is 9.59 Å². The summed E-state index contributed by atoms with van der Waals surface area (Å²) in [6.45, 7) is 1.02. The number of anilines is 1. The Morgan fingerprint density at radius 2 is 1.10 bits per heavy atom. The highest BCUT2D eigenvalue weighted by atomic mass is 32.2. The van der Waals surface area contributed by atoms with Gasteiger partial charge in [-0.05, 0) is 76.2 Å². The van der Waals surface area contributed by atoms with Gasteiger partial charge in [-0.15, -0.1) is 11.8 Å². The lowest BCUT2D eigenvalue weighted by Crippen LogP contribution is -2.40. The van der Waals surface area contributed by atoms with Gasteiger partial charge in [-0.1, -0.05) is 103 Å². The van der Waals surface area contributed by atoms with Gasteiger partial charge in [0.05, 0.1) is 20.6 Å². The van der Waals surface area contributed by atoms with Gasteiger partial charge in [0.2, 0.25) is 0 Å². The van der Waals surface area contributed by atoms with E-state index in [-0.39, 0.29) is 42.4 Å².